The fraction of sp³-hybridized carbons (Fsp3) is 0.385. The van der Waals surface area contributed by atoms with Gasteiger partial charge in [0.25, 0.3) is 0 Å². The molecule has 0 radical (unpaired) electrons. The fourth-order valence-corrected chi connectivity index (χ4v) is 4.21. The second-order valence-electron chi connectivity index (χ2n) is 8.18. The standard InChI is InChI=1S/C24H29ClN2O3.C2H2O4/c1-3-22(28)27(21-12-10-20(25)11-13-21)24(23(29)30-4-2)14-16-26(17-15-24)18-19-8-6-5-7-9-19;3-1(4)2(5)6/h5-13H,3-4,14-18H2,1-2H3;(H,3,4)(H,5,6). The summed E-state index contributed by atoms with van der Waals surface area (Å²) in [5.74, 6) is -4.08. The second kappa shape index (κ2) is 13.6. The Labute approximate surface area is 215 Å². The van der Waals surface area contributed by atoms with Crippen molar-refractivity contribution in [3.63, 3.8) is 0 Å². The van der Waals surface area contributed by atoms with Crippen molar-refractivity contribution in [2.24, 2.45) is 0 Å². The lowest BCUT2D eigenvalue weighted by Gasteiger charge is -2.46. The predicted octanol–water partition coefficient (Wildman–Crippen LogP) is 3.84. The molecule has 1 aliphatic rings. The number of ether oxygens (including phenoxy) is 1. The molecule has 0 saturated carbocycles. The molecule has 1 aliphatic heterocycles. The van der Waals surface area contributed by atoms with E-state index in [4.69, 9.17) is 36.1 Å². The van der Waals surface area contributed by atoms with Crippen molar-refractivity contribution in [1.29, 1.82) is 0 Å². The van der Waals surface area contributed by atoms with Crippen molar-refractivity contribution in [3.8, 4) is 0 Å². The first-order chi connectivity index (χ1) is 17.1. The molecule has 3 rings (SSSR count). The number of carbonyl (C=O) groups excluding carboxylic acids is 2. The number of halogens is 1. The van der Waals surface area contributed by atoms with Crippen LogP contribution in [0.5, 0.6) is 0 Å². The van der Waals surface area contributed by atoms with E-state index in [-0.39, 0.29) is 18.5 Å². The van der Waals surface area contributed by atoms with Gasteiger partial charge in [-0.3, -0.25) is 14.6 Å². The van der Waals surface area contributed by atoms with Crippen LogP contribution in [0.4, 0.5) is 5.69 Å². The van der Waals surface area contributed by atoms with Crippen LogP contribution in [-0.4, -0.2) is 64.2 Å². The molecule has 0 aliphatic carbocycles. The van der Waals surface area contributed by atoms with Gasteiger partial charge in [0, 0.05) is 36.8 Å². The van der Waals surface area contributed by atoms with Gasteiger partial charge >= 0.3 is 17.9 Å². The smallest absolute Gasteiger partial charge is 0.414 e. The molecular weight excluding hydrogens is 488 g/mol. The molecule has 0 bridgehead atoms. The third-order valence-corrected chi connectivity index (χ3v) is 6.09. The molecule has 0 spiro atoms. The number of esters is 1. The molecule has 2 N–H and O–H groups in total. The molecule has 2 aromatic rings. The van der Waals surface area contributed by atoms with Crippen LogP contribution in [-0.2, 0) is 30.5 Å². The van der Waals surface area contributed by atoms with E-state index >= 15 is 0 Å². The molecule has 36 heavy (non-hydrogen) atoms. The number of benzene rings is 2. The Bertz CT molecular complexity index is 1020. The average molecular weight is 519 g/mol. The summed E-state index contributed by atoms with van der Waals surface area (Å²) >= 11 is 6.06. The van der Waals surface area contributed by atoms with Gasteiger partial charge in [-0.15, -0.1) is 0 Å². The van der Waals surface area contributed by atoms with Crippen LogP contribution in [0.15, 0.2) is 54.6 Å². The normalized spacial score (nSPS) is 14.6. The summed E-state index contributed by atoms with van der Waals surface area (Å²) in [7, 11) is 0. The number of hydrogen-bond acceptors (Lipinski definition) is 6. The maximum atomic E-state index is 13.2. The van der Waals surface area contributed by atoms with Gasteiger partial charge in [-0.05, 0) is 49.6 Å². The lowest BCUT2D eigenvalue weighted by molar-refractivity contribution is -0.159. The molecule has 0 unspecified atom stereocenters. The summed E-state index contributed by atoms with van der Waals surface area (Å²) in [6, 6.07) is 17.4. The Balaban J connectivity index is 0.000000678. The van der Waals surface area contributed by atoms with Crippen molar-refractivity contribution in [2.45, 2.75) is 45.2 Å². The quantitative estimate of drug-likeness (QED) is 0.418. The Morgan fingerprint density at radius 1 is 0.944 bits per heavy atom. The highest BCUT2D eigenvalue weighted by Gasteiger charge is 2.50. The van der Waals surface area contributed by atoms with E-state index < -0.39 is 17.5 Å². The van der Waals surface area contributed by atoms with Crippen LogP contribution < -0.4 is 4.90 Å². The van der Waals surface area contributed by atoms with Gasteiger partial charge in [0.05, 0.1) is 6.61 Å². The molecule has 1 amide bonds. The summed E-state index contributed by atoms with van der Waals surface area (Å²) in [6.45, 7) is 6.12. The largest absolute Gasteiger partial charge is 0.473 e. The predicted molar refractivity (Wildman–Crippen MR) is 135 cm³/mol. The van der Waals surface area contributed by atoms with Gasteiger partial charge in [0.15, 0.2) is 0 Å². The highest BCUT2D eigenvalue weighted by molar-refractivity contribution is 6.30. The molecule has 1 fully saturated rings. The number of piperidine rings is 1. The zero-order valence-corrected chi connectivity index (χ0v) is 21.1. The maximum absolute atomic E-state index is 13.2. The van der Waals surface area contributed by atoms with Crippen molar-refractivity contribution >= 4 is 41.1 Å². The highest BCUT2D eigenvalue weighted by Crippen LogP contribution is 2.36. The third kappa shape index (κ3) is 7.53. The van der Waals surface area contributed by atoms with Crippen molar-refractivity contribution < 1.29 is 34.1 Å². The summed E-state index contributed by atoms with van der Waals surface area (Å²) in [4.78, 5) is 48.5. The number of carboxylic acid groups (broad SMARTS) is 2. The zero-order chi connectivity index (χ0) is 26.7. The Kier molecular flexibility index (Phi) is 10.9. The van der Waals surface area contributed by atoms with E-state index in [0.29, 0.717) is 43.1 Å². The lowest BCUT2D eigenvalue weighted by atomic mass is 9.84. The van der Waals surface area contributed by atoms with E-state index in [1.165, 1.54) is 5.56 Å². The number of carboxylic acids is 2. The van der Waals surface area contributed by atoms with Crippen LogP contribution in [0.1, 0.15) is 38.7 Å². The van der Waals surface area contributed by atoms with Gasteiger partial charge in [0.2, 0.25) is 5.91 Å². The van der Waals surface area contributed by atoms with E-state index in [9.17, 15) is 9.59 Å². The van der Waals surface area contributed by atoms with Crippen LogP contribution in [0.3, 0.4) is 0 Å². The zero-order valence-electron chi connectivity index (χ0n) is 20.4. The Hall–Kier alpha value is -3.43. The summed E-state index contributed by atoms with van der Waals surface area (Å²) in [5, 5.41) is 15.4. The molecule has 10 heteroatoms. The van der Waals surface area contributed by atoms with E-state index in [2.05, 4.69) is 17.0 Å². The topological polar surface area (TPSA) is 124 Å². The van der Waals surface area contributed by atoms with Gasteiger partial charge in [0.1, 0.15) is 5.54 Å². The minimum absolute atomic E-state index is 0.0955. The summed E-state index contributed by atoms with van der Waals surface area (Å²) in [5.41, 5.74) is 0.903. The monoisotopic (exact) mass is 518 g/mol. The van der Waals surface area contributed by atoms with Crippen molar-refractivity contribution in [3.05, 3.63) is 65.2 Å². The molecule has 194 valence electrons. The first-order valence-corrected chi connectivity index (χ1v) is 12.0. The van der Waals surface area contributed by atoms with Crippen LogP contribution in [0, 0.1) is 0 Å². The van der Waals surface area contributed by atoms with E-state index in [1.807, 2.05) is 25.1 Å². The first-order valence-electron chi connectivity index (χ1n) is 11.6. The first kappa shape index (κ1) is 28.8. The second-order valence-corrected chi connectivity index (χ2v) is 8.62. The van der Waals surface area contributed by atoms with Crippen LogP contribution in [0.2, 0.25) is 5.02 Å². The van der Waals surface area contributed by atoms with Crippen molar-refractivity contribution in [1.82, 2.24) is 4.90 Å². The third-order valence-electron chi connectivity index (χ3n) is 5.84. The minimum Gasteiger partial charge on any atom is -0.473 e. The van der Waals surface area contributed by atoms with E-state index in [0.717, 1.165) is 6.54 Å². The number of rotatable bonds is 7. The Morgan fingerprint density at radius 3 is 1.97 bits per heavy atom. The van der Waals surface area contributed by atoms with Gasteiger partial charge < -0.3 is 14.9 Å². The van der Waals surface area contributed by atoms with Gasteiger partial charge in [-0.2, -0.15) is 0 Å². The molecule has 0 aromatic heterocycles. The lowest BCUT2D eigenvalue weighted by Crippen LogP contribution is -2.62. The van der Waals surface area contributed by atoms with Crippen LogP contribution in [0.25, 0.3) is 0 Å². The highest BCUT2D eigenvalue weighted by atomic mass is 35.5. The van der Waals surface area contributed by atoms with Gasteiger partial charge in [-0.25, -0.2) is 14.4 Å². The Morgan fingerprint density at radius 2 is 1.50 bits per heavy atom. The maximum Gasteiger partial charge on any atom is 0.414 e. The number of likely N-dealkylation sites (tertiary alicyclic amines) is 1. The molecule has 9 nitrogen and oxygen atoms in total. The van der Waals surface area contributed by atoms with Gasteiger partial charge in [-0.1, -0.05) is 48.9 Å². The molecule has 1 heterocycles. The summed E-state index contributed by atoms with van der Waals surface area (Å²) in [6.07, 6.45) is 1.34. The minimum atomic E-state index is -1.82. The van der Waals surface area contributed by atoms with E-state index in [1.54, 1.807) is 36.1 Å². The molecule has 1 saturated heterocycles. The number of carbonyl (C=O) groups is 4. The average Bonchev–Trinajstić information content (AvgIpc) is 2.87. The SMILES string of the molecule is CCOC(=O)C1(N(C(=O)CC)c2ccc(Cl)cc2)CCN(Cc2ccccc2)CC1.O=C(O)C(=O)O. The molecule has 2 aromatic carbocycles. The number of anilines is 1. The molecule has 0 atom stereocenters. The van der Waals surface area contributed by atoms with Crippen LogP contribution >= 0.6 is 11.6 Å². The number of hydrogen-bond donors (Lipinski definition) is 2. The molecular formula is C26H31ClN2O7. The summed E-state index contributed by atoms with van der Waals surface area (Å²) < 4.78 is 5.48. The fourth-order valence-electron chi connectivity index (χ4n) is 4.09. The van der Waals surface area contributed by atoms with Crippen molar-refractivity contribution in [2.75, 3.05) is 24.6 Å². The number of nitrogens with zero attached hydrogens (tertiary/aromatic N) is 2. The number of aliphatic carboxylic acids is 2. The number of amides is 1.